The van der Waals surface area contributed by atoms with E-state index < -0.39 is 0 Å². The molecule has 2 saturated heterocycles. The van der Waals surface area contributed by atoms with Crippen molar-refractivity contribution in [2.45, 2.75) is 44.4 Å². The van der Waals surface area contributed by atoms with E-state index in [-0.39, 0.29) is 5.91 Å². The molecular weight excluding hydrogens is 280 g/mol. The van der Waals surface area contributed by atoms with Crippen LogP contribution in [-0.2, 0) is 4.79 Å². The van der Waals surface area contributed by atoms with Gasteiger partial charge in [0, 0.05) is 45.6 Å². The molecule has 0 bridgehead atoms. The van der Waals surface area contributed by atoms with Crippen molar-refractivity contribution in [3.05, 3.63) is 11.7 Å². The molecule has 0 N–H and O–H groups in total. The molecule has 1 aliphatic carbocycles. The summed E-state index contributed by atoms with van der Waals surface area (Å²) in [5.41, 5.74) is 0. The molecule has 0 aromatic carbocycles. The maximum Gasteiger partial charge on any atom is 0.232 e. The second kappa shape index (κ2) is 5.65. The Hall–Kier alpha value is -1.43. The van der Waals surface area contributed by atoms with Crippen LogP contribution in [0.5, 0.6) is 0 Å². The summed E-state index contributed by atoms with van der Waals surface area (Å²) in [4.78, 5) is 20.4. The molecular formula is C16H24N4O2. The van der Waals surface area contributed by atoms with Gasteiger partial charge < -0.3 is 14.3 Å². The van der Waals surface area contributed by atoms with Crippen LogP contribution in [0.1, 0.15) is 56.2 Å². The van der Waals surface area contributed by atoms with E-state index in [4.69, 9.17) is 4.52 Å². The molecule has 3 aliphatic rings. The fourth-order valence-electron chi connectivity index (χ4n) is 3.57. The van der Waals surface area contributed by atoms with Crippen LogP contribution in [0.2, 0.25) is 0 Å². The molecule has 120 valence electrons. The monoisotopic (exact) mass is 304 g/mol. The molecule has 0 radical (unpaired) electrons. The van der Waals surface area contributed by atoms with Gasteiger partial charge in [0.25, 0.3) is 0 Å². The van der Waals surface area contributed by atoms with E-state index in [0.29, 0.717) is 11.8 Å². The second-order valence-electron chi connectivity index (χ2n) is 7.13. The zero-order valence-corrected chi connectivity index (χ0v) is 13.2. The highest BCUT2D eigenvalue weighted by molar-refractivity contribution is 5.73. The zero-order valence-electron chi connectivity index (χ0n) is 13.2. The lowest BCUT2D eigenvalue weighted by molar-refractivity contribution is -0.129. The van der Waals surface area contributed by atoms with Crippen LogP contribution in [0.3, 0.4) is 0 Å². The molecule has 2 aliphatic heterocycles. The Kier molecular flexibility index (Phi) is 3.64. The van der Waals surface area contributed by atoms with Crippen LogP contribution in [0.4, 0.5) is 0 Å². The van der Waals surface area contributed by atoms with Crippen LogP contribution < -0.4 is 0 Å². The summed E-state index contributed by atoms with van der Waals surface area (Å²) in [7, 11) is 0. The van der Waals surface area contributed by atoms with Crippen molar-refractivity contribution in [3.8, 4) is 0 Å². The minimum atomic E-state index is 0.164. The number of piperidine rings is 1. The quantitative estimate of drug-likeness (QED) is 0.845. The standard InChI is InChI=1S/C16H24N4O2/c1-11(21)20-6-4-13(5-7-20)15-17-16(22-18-15)14-9-19(10-14)8-12-2-3-12/h12-14H,2-10H2,1H3. The molecule has 1 amide bonds. The molecule has 3 fully saturated rings. The molecule has 6 heteroatoms. The molecule has 4 rings (SSSR count). The lowest BCUT2D eigenvalue weighted by atomic mass is 9.95. The Bertz CT molecular complexity index is 540. The molecule has 0 atom stereocenters. The number of carbonyl (C=O) groups excluding carboxylic acids is 1. The van der Waals surface area contributed by atoms with Gasteiger partial charge in [-0.05, 0) is 31.6 Å². The van der Waals surface area contributed by atoms with Crippen molar-refractivity contribution in [1.29, 1.82) is 0 Å². The van der Waals surface area contributed by atoms with Crippen molar-refractivity contribution in [1.82, 2.24) is 19.9 Å². The van der Waals surface area contributed by atoms with Crippen molar-refractivity contribution in [2.75, 3.05) is 32.7 Å². The average Bonchev–Trinajstić information content (AvgIpc) is 3.17. The van der Waals surface area contributed by atoms with Crippen LogP contribution in [0.15, 0.2) is 4.52 Å². The smallest absolute Gasteiger partial charge is 0.232 e. The third-order valence-electron chi connectivity index (χ3n) is 5.28. The molecule has 3 heterocycles. The Morgan fingerprint density at radius 3 is 2.55 bits per heavy atom. The molecule has 6 nitrogen and oxygen atoms in total. The highest BCUT2D eigenvalue weighted by atomic mass is 16.5. The summed E-state index contributed by atoms with van der Waals surface area (Å²) in [5, 5.41) is 4.20. The van der Waals surface area contributed by atoms with Crippen LogP contribution >= 0.6 is 0 Å². The van der Waals surface area contributed by atoms with E-state index in [2.05, 4.69) is 15.0 Å². The van der Waals surface area contributed by atoms with E-state index in [1.165, 1.54) is 19.4 Å². The zero-order chi connectivity index (χ0) is 15.1. The number of nitrogens with zero attached hydrogens (tertiary/aromatic N) is 4. The van der Waals surface area contributed by atoms with Crippen molar-refractivity contribution in [2.24, 2.45) is 5.92 Å². The van der Waals surface area contributed by atoms with Gasteiger partial charge in [-0.3, -0.25) is 4.79 Å². The number of carbonyl (C=O) groups is 1. The van der Waals surface area contributed by atoms with Crippen LogP contribution in [0, 0.1) is 5.92 Å². The first-order valence-electron chi connectivity index (χ1n) is 8.50. The van der Waals surface area contributed by atoms with Gasteiger partial charge in [0.05, 0.1) is 5.92 Å². The Morgan fingerprint density at radius 2 is 1.91 bits per heavy atom. The van der Waals surface area contributed by atoms with Gasteiger partial charge in [-0.15, -0.1) is 0 Å². The van der Waals surface area contributed by atoms with E-state index >= 15 is 0 Å². The summed E-state index contributed by atoms with van der Waals surface area (Å²) in [6.07, 6.45) is 4.70. The van der Waals surface area contributed by atoms with E-state index in [0.717, 1.165) is 56.7 Å². The number of hydrogen-bond donors (Lipinski definition) is 0. The lowest BCUT2D eigenvalue weighted by Gasteiger charge is -2.37. The largest absolute Gasteiger partial charge is 0.343 e. The molecule has 22 heavy (non-hydrogen) atoms. The highest BCUT2D eigenvalue weighted by Crippen LogP contribution is 2.35. The van der Waals surface area contributed by atoms with Crippen molar-refractivity contribution < 1.29 is 9.32 Å². The number of rotatable bonds is 4. The number of hydrogen-bond acceptors (Lipinski definition) is 5. The summed E-state index contributed by atoms with van der Waals surface area (Å²) >= 11 is 0. The minimum Gasteiger partial charge on any atom is -0.343 e. The molecule has 1 saturated carbocycles. The normalized spacial score (nSPS) is 24.5. The lowest BCUT2D eigenvalue weighted by Crippen LogP contribution is -2.45. The van der Waals surface area contributed by atoms with E-state index in [9.17, 15) is 4.79 Å². The van der Waals surface area contributed by atoms with Gasteiger partial charge in [0.2, 0.25) is 11.8 Å². The first kappa shape index (κ1) is 14.2. The van der Waals surface area contributed by atoms with E-state index in [1.54, 1.807) is 6.92 Å². The van der Waals surface area contributed by atoms with Gasteiger partial charge >= 0.3 is 0 Å². The predicted octanol–water partition coefficient (Wildman–Crippen LogP) is 1.60. The molecule has 1 aromatic rings. The fourth-order valence-corrected chi connectivity index (χ4v) is 3.57. The van der Waals surface area contributed by atoms with Gasteiger partial charge in [-0.25, -0.2) is 0 Å². The Balaban J connectivity index is 1.29. The summed E-state index contributed by atoms with van der Waals surface area (Å²) in [6.45, 7) is 6.64. The second-order valence-corrected chi connectivity index (χ2v) is 7.13. The molecule has 1 aromatic heterocycles. The molecule has 0 spiro atoms. The topological polar surface area (TPSA) is 62.5 Å². The minimum absolute atomic E-state index is 0.164. The van der Waals surface area contributed by atoms with Crippen LogP contribution in [-0.4, -0.2) is 58.6 Å². The van der Waals surface area contributed by atoms with Gasteiger partial charge in [-0.2, -0.15) is 4.98 Å². The summed E-state index contributed by atoms with van der Waals surface area (Å²) < 4.78 is 5.50. The number of amides is 1. The summed E-state index contributed by atoms with van der Waals surface area (Å²) in [6, 6.07) is 0. The van der Waals surface area contributed by atoms with Gasteiger partial charge in [-0.1, -0.05) is 5.16 Å². The average molecular weight is 304 g/mol. The number of likely N-dealkylation sites (tertiary alicyclic amines) is 2. The predicted molar refractivity (Wildman–Crippen MR) is 80.4 cm³/mol. The van der Waals surface area contributed by atoms with Crippen molar-refractivity contribution in [3.63, 3.8) is 0 Å². The maximum atomic E-state index is 11.4. The first-order chi connectivity index (χ1) is 10.7. The maximum absolute atomic E-state index is 11.4. The number of aromatic nitrogens is 2. The first-order valence-corrected chi connectivity index (χ1v) is 8.50. The molecule has 0 unspecified atom stereocenters. The Morgan fingerprint density at radius 1 is 1.18 bits per heavy atom. The third kappa shape index (κ3) is 2.89. The fraction of sp³-hybridized carbons (Fsp3) is 0.812. The van der Waals surface area contributed by atoms with Gasteiger partial charge in [0.15, 0.2) is 5.82 Å². The van der Waals surface area contributed by atoms with E-state index in [1.807, 2.05) is 4.90 Å². The van der Waals surface area contributed by atoms with Crippen molar-refractivity contribution >= 4 is 5.91 Å². The van der Waals surface area contributed by atoms with Crippen LogP contribution in [0.25, 0.3) is 0 Å². The Labute approximate surface area is 130 Å². The summed E-state index contributed by atoms with van der Waals surface area (Å²) in [5.74, 6) is 3.55. The van der Waals surface area contributed by atoms with Gasteiger partial charge in [0.1, 0.15) is 0 Å². The SMILES string of the molecule is CC(=O)N1CCC(c2noc(C3CN(CC4CC4)C3)n2)CC1. The highest BCUT2D eigenvalue weighted by Gasteiger charge is 2.36. The third-order valence-corrected chi connectivity index (χ3v) is 5.28.